The van der Waals surface area contributed by atoms with Crippen LogP contribution in [0, 0.1) is 10.1 Å². The molecular weight excluding hydrogens is 366 g/mol. The molecule has 3 aromatic rings. The summed E-state index contributed by atoms with van der Waals surface area (Å²) in [7, 11) is 1.61. The monoisotopic (exact) mass is 377 g/mol. The van der Waals surface area contributed by atoms with Gasteiger partial charge in [-0.05, 0) is 30.3 Å². The number of hydrogen-bond donors (Lipinski definition) is 0. The number of anilines is 1. The first-order valence-electron chi connectivity index (χ1n) is 7.14. The maximum Gasteiger partial charge on any atom is 0.269 e. The molecule has 3 rings (SSSR count). The molecule has 9 heteroatoms. The fourth-order valence-corrected chi connectivity index (χ4v) is 3.02. The number of amides is 1. The Kier molecular flexibility index (Phi) is 4.91. The van der Waals surface area contributed by atoms with Crippen LogP contribution in [-0.4, -0.2) is 28.6 Å². The van der Waals surface area contributed by atoms with Crippen molar-refractivity contribution in [3.8, 4) is 0 Å². The molecule has 0 spiro atoms. The Morgan fingerprint density at radius 3 is 2.72 bits per heavy atom. The zero-order valence-electron chi connectivity index (χ0n) is 13.0. The van der Waals surface area contributed by atoms with Crippen LogP contribution in [0.4, 0.5) is 11.4 Å². The minimum Gasteiger partial charge on any atom is -0.431 e. The van der Waals surface area contributed by atoms with Gasteiger partial charge in [0.05, 0.1) is 10.7 Å². The summed E-state index contributed by atoms with van der Waals surface area (Å²) in [4.78, 5) is 28.2. The molecule has 0 fully saturated rings. The molecule has 2 aromatic carbocycles. The molecule has 0 bridgehead atoms. The number of halogens is 1. The number of thioether (sulfide) groups is 1. The number of aromatic nitrogens is 1. The van der Waals surface area contributed by atoms with Crippen molar-refractivity contribution in [1.82, 2.24) is 4.98 Å². The smallest absolute Gasteiger partial charge is 0.269 e. The number of non-ortho nitro benzene ring substituents is 1. The van der Waals surface area contributed by atoms with Crippen molar-refractivity contribution in [2.75, 3.05) is 17.7 Å². The third-order valence-electron chi connectivity index (χ3n) is 3.47. The molecule has 0 aliphatic carbocycles. The molecule has 0 aliphatic rings. The Bertz CT molecular complexity index is 942. The molecule has 0 saturated heterocycles. The van der Waals surface area contributed by atoms with Crippen molar-refractivity contribution in [3.63, 3.8) is 0 Å². The van der Waals surface area contributed by atoms with E-state index in [0.29, 0.717) is 27.0 Å². The van der Waals surface area contributed by atoms with Crippen LogP contribution in [0.2, 0.25) is 5.02 Å². The van der Waals surface area contributed by atoms with Crippen LogP contribution in [0.25, 0.3) is 11.1 Å². The Labute approximate surface area is 151 Å². The first-order valence-corrected chi connectivity index (χ1v) is 8.50. The summed E-state index contributed by atoms with van der Waals surface area (Å²) < 4.78 is 5.55. The summed E-state index contributed by atoms with van der Waals surface area (Å²) in [6.45, 7) is 0. The van der Waals surface area contributed by atoms with Crippen molar-refractivity contribution in [1.29, 1.82) is 0 Å². The summed E-state index contributed by atoms with van der Waals surface area (Å²) in [6.07, 6.45) is 0. The average Bonchev–Trinajstić information content (AvgIpc) is 3.01. The normalized spacial score (nSPS) is 10.8. The van der Waals surface area contributed by atoms with E-state index in [1.807, 2.05) is 0 Å². The van der Waals surface area contributed by atoms with Gasteiger partial charge in [0.15, 0.2) is 5.58 Å². The van der Waals surface area contributed by atoms with Crippen LogP contribution in [0.5, 0.6) is 0 Å². The maximum atomic E-state index is 12.3. The molecule has 128 valence electrons. The summed E-state index contributed by atoms with van der Waals surface area (Å²) >= 11 is 7.07. The highest BCUT2D eigenvalue weighted by atomic mass is 35.5. The maximum absolute atomic E-state index is 12.3. The average molecular weight is 378 g/mol. The number of oxazole rings is 1. The second-order valence-corrected chi connectivity index (χ2v) is 6.47. The minimum atomic E-state index is -0.485. The van der Waals surface area contributed by atoms with Gasteiger partial charge in [0, 0.05) is 29.9 Å². The number of hydrogen-bond acceptors (Lipinski definition) is 6. The quantitative estimate of drug-likeness (QED) is 0.377. The second-order valence-electron chi connectivity index (χ2n) is 5.11. The van der Waals surface area contributed by atoms with Crippen molar-refractivity contribution in [2.24, 2.45) is 0 Å². The fourth-order valence-electron chi connectivity index (χ4n) is 2.10. The third kappa shape index (κ3) is 3.92. The van der Waals surface area contributed by atoms with Crippen LogP contribution in [0.3, 0.4) is 0 Å². The van der Waals surface area contributed by atoms with Gasteiger partial charge in [0.1, 0.15) is 5.52 Å². The molecule has 0 unspecified atom stereocenters. The molecule has 1 aromatic heterocycles. The topological polar surface area (TPSA) is 89.5 Å². The van der Waals surface area contributed by atoms with Crippen LogP contribution in [0.15, 0.2) is 52.1 Å². The molecule has 0 aliphatic heterocycles. The molecule has 0 radical (unpaired) electrons. The molecule has 25 heavy (non-hydrogen) atoms. The molecular formula is C16H12ClN3O4S. The fraction of sp³-hybridized carbons (Fsp3) is 0.125. The number of carbonyl (C=O) groups excluding carboxylic acids is 1. The van der Waals surface area contributed by atoms with Gasteiger partial charge in [0.25, 0.3) is 10.9 Å². The zero-order chi connectivity index (χ0) is 18.0. The van der Waals surface area contributed by atoms with E-state index < -0.39 is 4.92 Å². The van der Waals surface area contributed by atoms with E-state index in [4.69, 9.17) is 16.0 Å². The predicted octanol–water partition coefficient (Wildman–Crippen LogP) is 4.14. The van der Waals surface area contributed by atoms with Crippen molar-refractivity contribution in [2.45, 2.75) is 5.22 Å². The van der Waals surface area contributed by atoms with Crippen LogP contribution >= 0.6 is 23.4 Å². The lowest BCUT2D eigenvalue weighted by Gasteiger charge is -2.16. The van der Waals surface area contributed by atoms with E-state index in [0.717, 1.165) is 0 Å². The lowest BCUT2D eigenvalue weighted by molar-refractivity contribution is -0.384. The molecule has 0 N–H and O–H groups in total. The summed E-state index contributed by atoms with van der Waals surface area (Å²) in [5.74, 6) is -0.0623. The van der Waals surface area contributed by atoms with E-state index in [-0.39, 0.29) is 17.3 Å². The zero-order valence-corrected chi connectivity index (χ0v) is 14.6. The molecule has 7 nitrogen and oxygen atoms in total. The predicted molar refractivity (Wildman–Crippen MR) is 96.2 cm³/mol. The van der Waals surface area contributed by atoms with Gasteiger partial charge in [-0.1, -0.05) is 23.4 Å². The second kappa shape index (κ2) is 7.12. The van der Waals surface area contributed by atoms with Crippen LogP contribution < -0.4 is 4.90 Å². The SMILES string of the molecule is CN(C(=O)CSc1nc2cc(Cl)ccc2o1)c1ccc([N+](=O)[O-])cc1. The first-order chi connectivity index (χ1) is 11.9. The first kappa shape index (κ1) is 17.2. The number of nitro groups is 1. The van der Waals surface area contributed by atoms with Crippen LogP contribution in [-0.2, 0) is 4.79 Å². The van der Waals surface area contributed by atoms with Gasteiger partial charge in [-0.2, -0.15) is 0 Å². The van der Waals surface area contributed by atoms with Crippen molar-refractivity contribution in [3.05, 3.63) is 57.6 Å². The highest BCUT2D eigenvalue weighted by molar-refractivity contribution is 7.99. The summed E-state index contributed by atoms with van der Waals surface area (Å²) in [5, 5.41) is 11.6. The van der Waals surface area contributed by atoms with Gasteiger partial charge < -0.3 is 9.32 Å². The molecule has 1 heterocycles. The molecule has 0 atom stereocenters. The lowest BCUT2D eigenvalue weighted by atomic mass is 10.2. The van der Waals surface area contributed by atoms with E-state index in [2.05, 4.69) is 4.98 Å². The number of nitro benzene ring substituents is 1. The van der Waals surface area contributed by atoms with E-state index in [1.54, 1.807) is 25.2 Å². The van der Waals surface area contributed by atoms with E-state index in [1.165, 1.54) is 40.9 Å². The highest BCUT2D eigenvalue weighted by Crippen LogP contribution is 2.26. The standard InChI is InChI=1S/C16H12ClN3O4S/c1-19(11-3-5-12(6-4-11)20(22)23)15(21)9-25-16-18-13-8-10(17)2-7-14(13)24-16/h2-8H,9H2,1H3. The Morgan fingerprint density at radius 2 is 2.04 bits per heavy atom. The number of carbonyl (C=O) groups is 1. The summed E-state index contributed by atoms with van der Waals surface area (Å²) in [6, 6.07) is 10.9. The van der Waals surface area contributed by atoms with Gasteiger partial charge >= 0.3 is 0 Å². The lowest BCUT2D eigenvalue weighted by Crippen LogP contribution is -2.27. The largest absolute Gasteiger partial charge is 0.431 e. The molecule has 0 saturated carbocycles. The Hall–Kier alpha value is -2.58. The van der Waals surface area contributed by atoms with Crippen molar-refractivity contribution < 1.29 is 14.1 Å². The Morgan fingerprint density at radius 1 is 1.32 bits per heavy atom. The van der Waals surface area contributed by atoms with Gasteiger partial charge in [0.2, 0.25) is 5.91 Å². The van der Waals surface area contributed by atoms with Crippen LogP contribution in [0.1, 0.15) is 0 Å². The number of rotatable bonds is 5. The third-order valence-corrected chi connectivity index (χ3v) is 4.52. The van der Waals surface area contributed by atoms with Gasteiger partial charge in [-0.15, -0.1) is 0 Å². The molecule has 1 amide bonds. The van der Waals surface area contributed by atoms with Gasteiger partial charge in [-0.3, -0.25) is 14.9 Å². The highest BCUT2D eigenvalue weighted by Gasteiger charge is 2.15. The number of fused-ring (bicyclic) bond motifs is 1. The van der Waals surface area contributed by atoms with E-state index in [9.17, 15) is 14.9 Å². The minimum absolute atomic E-state index is 0.0240. The van der Waals surface area contributed by atoms with Gasteiger partial charge in [-0.25, -0.2) is 4.98 Å². The Balaban J connectivity index is 1.65. The number of nitrogens with zero attached hydrogens (tertiary/aromatic N) is 3. The number of benzene rings is 2. The summed E-state index contributed by atoms with van der Waals surface area (Å²) in [5.41, 5.74) is 1.78. The van der Waals surface area contributed by atoms with E-state index >= 15 is 0 Å². The van der Waals surface area contributed by atoms with Crippen molar-refractivity contribution >= 4 is 51.7 Å².